The third kappa shape index (κ3) is 1.79. The van der Waals surface area contributed by atoms with E-state index in [-0.39, 0.29) is 0 Å². The molecule has 0 bridgehead atoms. The lowest BCUT2D eigenvalue weighted by Crippen LogP contribution is -1.85. The van der Waals surface area contributed by atoms with Gasteiger partial charge in [-0.05, 0) is 29.0 Å². The van der Waals surface area contributed by atoms with Crippen LogP contribution in [0.1, 0.15) is 0 Å². The molecule has 3 rings (SSSR count). The molecule has 2 heteroatoms. The molecule has 1 heterocycles. The molecule has 1 aromatic heterocycles. The maximum Gasteiger partial charge on any atom is 0.0723 e. The van der Waals surface area contributed by atoms with Gasteiger partial charge < -0.3 is 0 Å². The molecule has 0 aliphatic carbocycles. The molecular formula is C15H10ClN. The average Bonchev–Trinajstić information content (AvgIpc) is 2.39. The van der Waals surface area contributed by atoms with E-state index in [1.165, 1.54) is 5.39 Å². The van der Waals surface area contributed by atoms with E-state index in [0.29, 0.717) is 0 Å². The van der Waals surface area contributed by atoms with Crippen molar-refractivity contribution in [1.82, 2.24) is 4.98 Å². The van der Waals surface area contributed by atoms with Gasteiger partial charge in [0.05, 0.1) is 10.7 Å². The van der Waals surface area contributed by atoms with Gasteiger partial charge in [0.2, 0.25) is 0 Å². The zero-order valence-electron chi connectivity index (χ0n) is 9.10. The molecule has 0 saturated heterocycles. The van der Waals surface area contributed by atoms with Crippen molar-refractivity contribution in [3.63, 3.8) is 0 Å². The second-order valence-electron chi connectivity index (χ2n) is 3.86. The first kappa shape index (κ1) is 10.3. The molecule has 0 amide bonds. The summed E-state index contributed by atoms with van der Waals surface area (Å²) in [6, 6.07) is 18.0. The van der Waals surface area contributed by atoms with Crippen LogP contribution in [-0.4, -0.2) is 4.98 Å². The predicted octanol–water partition coefficient (Wildman–Crippen LogP) is 4.56. The minimum atomic E-state index is 0.738. The van der Waals surface area contributed by atoms with Crippen molar-refractivity contribution in [2.75, 3.05) is 0 Å². The number of aromatic nitrogens is 1. The van der Waals surface area contributed by atoms with Crippen LogP contribution in [0.2, 0.25) is 5.02 Å². The van der Waals surface area contributed by atoms with Crippen LogP contribution in [-0.2, 0) is 0 Å². The van der Waals surface area contributed by atoms with Gasteiger partial charge >= 0.3 is 0 Å². The second-order valence-corrected chi connectivity index (χ2v) is 4.27. The van der Waals surface area contributed by atoms with E-state index in [9.17, 15) is 0 Å². The summed E-state index contributed by atoms with van der Waals surface area (Å²) in [6.45, 7) is 0. The van der Waals surface area contributed by atoms with Crippen LogP contribution < -0.4 is 0 Å². The maximum atomic E-state index is 6.30. The molecule has 0 aliphatic heterocycles. The Kier molecular flexibility index (Phi) is 2.54. The van der Waals surface area contributed by atoms with Gasteiger partial charge in [0.15, 0.2) is 0 Å². The van der Waals surface area contributed by atoms with Gasteiger partial charge in [0, 0.05) is 11.8 Å². The summed E-state index contributed by atoms with van der Waals surface area (Å²) >= 11 is 6.30. The Labute approximate surface area is 105 Å². The molecule has 2 aromatic carbocycles. The smallest absolute Gasteiger partial charge is 0.0723 e. The Morgan fingerprint density at radius 1 is 0.824 bits per heavy atom. The van der Waals surface area contributed by atoms with Crippen molar-refractivity contribution in [1.29, 1.82) is 0 Å². The number of hydrogen-bond donors (Lipinski definition) is 0. The first-order valence-corrected chi connectivity index (χ1v) is 5.83. The summed E-state index contributed by atoms with van der Waals surface area (Å²) in [5, 5.41) is 3.05. The van der Waals surface area contributed by atoms with Crippen molar-refractivity contribution in [2.45, 2.75) is 0 Å². The topological polar surface area (TPSA) is 12.9 Å². The minimum absolute atomic E-state index is 0.738. The first-order valence-electron chi connectivity index (χ1n) is 5.45. The quantitative estimate of drug-likeness (QED) is 0.607. The first-order chi connectivity index (χ1) is 8.36. The zero-order chi connectivity index (χ0) is 11.7. The van der Waals surface area contributed by atoms with Crippen LogP contribution in [0.25, 0.3) is 22.0 Å². The largest absolute Gasteiger partial charge is 0.256 e. The predicted molar refractivity (Wildman–Crippen MR) is 72.2 cm³/mol. The fourth-order valence-electron chi connectivity index (χ4n) is 2.02. The van der Waals surface area contributed by atoms with Gasteiger partial charge in [-0.15, -0.1) is 0 Å². The van der Waals surface area contributed by atoms with Crippen LogP contribution in [0.15, 0.2) is 60.8 Å². The zero-order valence-corrected chi connectivity index (χ0v) is 9.85. The summed E-state index contributed by atoms with van der Waals surface area (Å²) in [6.07, 6.45) is 1.79. The minimum Gasteiger partial charge on any atom is -0.256 e. The van der Waals surface area contributed by atoms with Crippen molar-refractivity contribution in [3.05, 3.63) is 65.8 Å². The van der Waals surface area contributed by atoms with Crippen molar-refractivity contribution in [2.24, 2.45) is 0 Å². The molecule has 0 saturated carbocycles. The van der Waals surface area contributed by atoms with Gasteiger partial charge in [0.1, 0.15) is 0 Å². The molecule has 0 unspecified atom stereocenters. The van der Waals surface area contributed by atoms with Gasteiger partial charge in [-0.25, -0.2) is 0 Å². The molecule has 0 fully saturated rings. The maximum absolute atomic E-state index is 6.30. The van der Waals surface area contributed by atoms with Gasteiger partial charge in [0.25, 0.3) is 0 Å². The molecule has 0 spiro atoms. The average molecular weight is 240 g/mol. The number of rotatable bonds is 1. The van der Waals surface area contributed by atoms with E-state index >= 15 is 0 Å². The highest BCUT2D eigenvalue weighted by Gasteiger charge is 2.08. The highest BCUT2D eigenvalue weighted by Crippen LogP contribution is 2.33. The standard InChI is InChI=1S/C15H10ClN/c16-13-9-8-11-5-1-2-6-12(11)15(13)14-7-3-4-10-17-14/h1-10H. The molecule has 0 atom stereocenters. The Morgan fingerprint density at radius 3 is 2.47 bits per heavy atom. The van der Waals surface area contributed by atoms with E-state index in [4.69, 9.17) is 11.6 Å². The van der Waals surface area contributed by atoms with Crippen LogP contribution in [0.5, 0.6) is 0 Å². The Hall–Kier alpha value is -1.86. The van der Waals surface area contributed by atoms with Gasteiger partial charge in [-0.2, -0.15) is 0 Å². The number of hydrogen-bond acceptors (Lipinski definition) is 1. The Bertz CT molecular complexity index is 662. The normalized spacial score (nSPS) is 10.6. The summed E-state index contributed by atoms with van der Waals surface area (Å²) in [5.74, 6) is 0. The SMILES string of the molecule is Clc1ccc2ccccc2c1-c1ccccn1. The summed E-state index contributed by atoms with van der Waals surface area (Å²) < 4.78 is 0. The van der Waals surface area contributed by atoms with Crippen LogP contribution in [0.3, 0.4) is 0 Å². The highest BCUT2D eigenvalue weighted by atomic mass is 35.5. The highest BCUT2D eigenvalue weighted by molar-refractivity contribution is 6.35. The third-order valence-corrected chi connectivity index (χ3v) is 3.11. The van der Waals surface area contributed by atoms with Gasteiger partial charge in [-0.3, -0.25) is 4.98 Å². The molecule has 0 aliphatic rings. The molecule has 0 N–H and O–H groups in total. The molecule has 1 nitrogen and oxygen atoms in total. The number of benzene rings is 2. The van der Waals surface area contributed by atoms with Crippen molar-refractivity contribution in [3.8, 4) is 11.3 Å². The molecular weight excluding hydrogens is 230 g/mol. The van der Waals surface area contributed by atoms with E-state index in [1.54, 1.807) is 6.20 Å². The van der Waals surface area contributed by atoms with E-state index in [1.807, 2.05) is 42.5 Å². The third-order valence-electron chi connectivity index (χ3n) is 2.80. The fourth-order valence-corrected chi connectivity index (χ4v) is 2.28. The summed E-state index contributed by atoms with van der Waals surface area (Å²) in [4.78, 5) is 4.38. The van der Waals surface area contributed by atoms with E-state index < -0.39 is 0 Å². The number of nitrogens with zero attached hydrogens (tertiary/aromatic N) is 1. The van der Waals surface area contributed by atoms with Gasteiger partial charge in [-0.1, -0.05) is 48.0 Å². The second kappa shape index (κ2) is 4.19. The number of halogens is 1. The Morgan fingerprint density at radius 2 is 1.65 bits per heavy atom. The summed E-state index contributed by atoms with van der Waals surface area (Å²) in [7, 11) is 0. The Balaban J connectivity index is 2.39. The molecule has 3 aromatic rings. The van der Waals surface area contributed by atoms with E-state index in [2.05, 4.69) is 17.1 Å². The van der Waals surface area contributed by atoms with E-state index in [0.717, 1.165) is 21.7 Å². The lowest BCUT2D eigenvalue weighted by Gasteiger charge is -2.08. The lowest BCUT2D eigenvalue weighted by molar-refractivity contribution is 1.33. The molecule has 17 heavy (non-hydrogen) atoms. The monoisotopic (exact) mass is 239 g/mol. The van der Waals surface area contributed by atoms with Crippen LogP contribution >= 0.6 is 11.6 Å². The molecule has 82 valence electrons. The number of fused-ring (bicyclic) bond motifs is 1. The summed E-state index contributed by atoms with van der Waals surface area (Å²) in [5.41, 5.74) is 1.92. The number of pyridine rings is 1. The lowest BCUT2D eigenvalue weighted by atomic mass is 10.0. The molecule has 0 radical (unpaired) electrons. The van der Waals surface area contributed by atoms with Crippen molar-refractivity contribution >= 4 is 22.4 Å². The van der Waals surface area contributed by atoms with Crippen molar-refractivity contribution < 1.29 is 0 Å². The van der Waals surface area contributed by atoms with Crippen LogP contribution in [0.4, 0.5) is 0 Å². The fraction of sp³-hybridized carbons (Fsp3) is 0. The van der Waals surface area contributed by atoms with Crippen LogP contribution in [0, 0.1) is 0 Å².